The van der Waals surface area contributed by atoms with Crippen LogP contribution in [0.15, 0.2) is 0 Å². The molecule has 94 valence electrons. The lowest BCUT2D eigenvalue weighted by Crippen LogP contribution is -2.33. The Hall–Kier alpha value is -0.610. The minimum Gasteiger partial charge on any atom is -0.466 e. The van der Waals surface area contributed by atoms with Gasteiger partial charge < -0.3 is 14.8 Å². The predicted octanol–water partition coefficient (Wildman–Crippen LogP) is 1.20. The van der Waals surface area contributed by atoms with Crippen LogP contribution < -0.4 is 5.32 Å². The molecule has 0 aromatic carbocycles. The SMILES string of the molecule is CCOC(=O)C(C)CNCC1CCOC1C. The van der Waals surface area contributed by atoms with Crippen molar-refractivity contribution >= 4 is 5.97 Å². The molecule has 1 fully saturated rings. The van der Waals surface area contributed by atoms with Crippen LogP contribution in [0.3, 0.4) is 0 Å². The maximum Gasteiger partial charge on any atom is 0.309 e. The number of carbonyl (C=O) groups is 1. The number of nitrogens with one attached hydrogen (secondary N) is 1. The second-order valence-corrected chi connectivity index (χ2v) is 4.44. The Bertz CT molecular complexity index is 220. The number of hydrogen-bond acceptors (Lipinski definition) is 4. The van der Waals surface area contributed by atoms with Crippen LogP contribution >= 0.6 is 0 Å². The lowest BCUT2D eigenvalue weighted by atomic mass is 10.0. The van der Waals surface area contributed by atoms with Gasteiger partial charge in [-0.15, -0.1) is 0 Å². The van der Waals surface area contributed by atoms with E-state index in [-0.39, 0.29) is 11.9 Å². The first-order valence-corrected chi connectivity index (χ1v) is 6.14. The van der Waals surface area contributed by atoms with Gasteiger partial charge in [0.2, 0.25) is 0 Å². The van der Waals surface area contributed by atoms with Crippen LogP contribution in [0, 0.1) is 11.8 Å². The molecule has 0 radical (unpaired) electrons. The van der Waals surface area contributed by atoms with E-state index in [1.165, 1.54) is 0 Å². The molecule has 1 aliphatic heterocycles. The van der Waals surface area contributed by atoms with Crippen molar-refractivity contribution in [3.63, 3.8) is 0 Å². The van der Waals surface area contributed by atoms with Crippen molar-refractivity contribution in [2.45, 2.75) is 33.3 Å². The molecule has 0 aromatic rings. The van der Waals surface area contributed by atoms with E-state index in [0.29, 0.717) is 25.2 Å². The largest absolute Gasteiger partial charge is 0.466 e. The quantitative estimate of drug-likeness (QED) is 0.695. The summed E-state index contributed by atoms with van der Waals surface area (Å²) in [5, 5.41) is 3.32. The van der Waals surface area contributed by atoms with Crippen LogP contribution in [0.5, 0.6) is 0 Å². The zero-order chi connectivity index (χ0) is 12.0. The van der Waals surface area contributed by atoms with Crippen molar-refractivity contribution in [1.82, 2.24) is 5.32 Å². The van der Waals surface area contributed by atoms with E-state index in [1.54, 1.807) is 0 Å². The van der Waals surface area contributed by atoms with E-state index < -0.39 is 0 Å². The Morgan fingerprint density at radius 1 is 1.62 bits per heavy atom. The third-order valence-electron chi connectivity index (χ3n) is 3.08. The molecule has 1 rings (SSSR count). The highest BCUT2D eigenvalue weighted by Gasteiger charge is 2.24. The highest BCUT2D eigenvalue weighted by Crippen LogP contribution is 2.19. The van der Waals surface area contributed by atoms with E-state index in [4.69, 9.17) is 9.47 Å². The van der Waals surface area contributed by atoms with E-state index in [9.17, 15) is 4.79 Å². The van der Waals surface area contributed by atoms with Crippen LogP contribution in [-0.4, -0.2) is 38.4 Å². The first-order valence-electron chi connectivity index (χ1n) is 6.14. The maximum absolute atomic E-state index is 11.3. The van der Waals surface area contributed by atoms with E-state index in [2.05, 4.69) is 12.2 Å². The van der Waals surface area contributed by atoms with Gasteiger partial charge in [-0.25, -0.2) is 0 Å². The van der Waals surface area contributed by atoms with Crippen molar-refractivity contribution in [2.24, 2.45) is 11.8 Å². The first-order chi connectivity index (χ1) is 7.65. The summed E-state index contributed by atoms with van der Waals surface area (Å²) in [5.74, 6) is 0.387. The van der Waals surface area contributed by atoms with Gasteiger partial charge in [-0.05, 0) is 26.2 Å². The summed E-state index contributed by atoms with van der Waals surface area (Å²) in [4.78, 5) is 11.3. The van der Waals surface area contributed by atoms with Crippen LogP contribution in [0.2, 0.25) is 0 Å². The fraction of sp³-hybridized carbons (Fsp3) is 0.917. The van der Waals surface area contributed by atoms with E-state index >= 15 is 0 Å². The Morgan fingerprint density at radius 2 is 2.38 bits per heavy atom. The van der Waals surface area contributed by atoms with Gasteiger partial charge in [0.1, 0.15) is 0 Å². The van der Waals surface area contributed by atoms with Gasteiger partial charge in [-0.1, -0.05) is 6.92 Å². The summed E-state index contributed by atoms with van der Waals surface area (Å²) < 4.78 is 10.4. The average molecular weight is 229 g/mol. The van der Waals surface area contributed by atoms with Crippen LogP contribution in [0.25, 0.3) is 0 Å². The van der Waals surface area contributed by atoms with Gasteiger partial charge in [0.15, 0.2) is 0 Å². The first kappa shape index (κ1) is 13.5. The molecule has 1 aliphatic rings. The minimum atomic E-state index is -0.120. The molecule has 0 saturated carbocycles. The van der Waals surface area contributed by atoms with Crippen molar-refractivity contribution in [3.8, 4) is 0 Å². The molecule has 16 heavy (non-hydrogen) atoms. The molecule has 0 bridgehead atoms. The smallest absolute Gasteiger partial charge is 0.309 e. The lowest BCUT2D eigenvalue weighted by molar-refractivity contribution is -0.147. The Kier molecular flexibility index (Phi) is 5.77. The van der Waals surface area contributed by atoms with Crippen molar-refractivity contribution in [1.29, 1.82) is 0 Å². The predicted molar refractivity (Wildman–Crippen MR) is 62.2 cm³/mol. The second kappa shape index (κ2) is 6.86. The summed E-state index contributed by atoms with van der Waals surface area (Å²) in [6, 6.07) is 0. The van der Waals surface area contributed by atoms with Crippen molar-refractivity contribution in [2.75, 3.05) is 26.3 Å². The minimum absolute atomic E-state index is 0.0717. The van der Waals surface area contributed by atoms with Crippen molar-refractivity contribution < 1.29 is 14.3 Å². The molecule has 4 nitrogen and oxygen atoms in total. The zero-order valence-electron chi connectivity index (χ0n) is 10.5. The fourth-order valence-electron chi connectivity index (χ4n) is 1.90. The molecule has 1 N–H and O–H groups in total. The Labute approximate surface area is 97.7 Å². The summed E-state index contributed by atoms with van der Waals surface area (Å²) in [7, 11) is 0. The normalized spacial score (nSPS) is 26.7. The van der Waals surface area contributed by atoms with Gasteiger partial charge in [-0.2, -0.15) is 0 Å². The molecule has 4 heteroatoms. The zero-order valence-corrected chi connectivity index (χ0v) is 10.5. The fourth-order valence-corrected chi connectivity index (χ4v) is 1.90. The molecule has 0 aliphatic carbocycles. The number of carbonyl (C=O) groups excluding carboxylic acids is 1. The Balaban J connectivity index is 2.12. The monoisotopic (exact) mass is 229 g/mol. The summed E-state index contributed by atoms with van der Waals surface area (Å²) >= 11 is 0. The van der Waals surface area contributed by atoms with Gasteiger partial charge in [-0.3, -0.25) is 4.79 Å². The number of hydrogen-bond donors (Lipinski definition) is 1. The topological polar surface area (TPSA) is 47.6 Å². The summed E-state index contributed by atoms with van der Waals surface area (Å²) in [5.41, 5.74) is 0. The third-order valence-corrected chi connectivity index (χ3v) is 3.08. The number of rotatable bonds is 6. The Morgan fingerprint density at radius 3 is 2.94 bits per heavy atom. The van der Waals surface area contributed by atoms with E-state index in [1.807, 2.05) is 13.8 Å². The molecule has 0 aromatic heterocycles. The second-order valence-electron chi connectivity index (χ2n) is 4.44. The molecule has 3 atom stereocenters. The molecular weight excluding hydrogens is 206 g/mol. The lowest BCUT2D eigenvalue weighted by Gasteiger charge is -2.16. The summed E-state index contributed by atoms with van der Waals surface area (Å²) in [6.07, 6.45) is 1.45. The van der Waals surface area contributed by atoms with Crippen LogP contribution in [0.1, 0.15) is 27.2 Å². The standard InChI is InChI=1S/C12H23NO3/c1-4-15-12(14)9(2)7-13-8-11-5-6-16-10(11)3/h9-11,13H,4-8H2,1-3H3. The van der Waals surface area contributed by atoms with Crippen LogP contribution in [-0.2, 0) is 14.3 Å². The van der Waals surface area contributed by atoms with E-state index in [0.717, 1.165) is 19.6 Å². The van der Waals surface area contributed by atoms with Gasteiger partial charge in [0.05, 0.1) is 18.6 Å². The molecule has 3 unspecified atom stereocenters. The van der Waals surface area contributed by atoms with Crippen LogP contribution in [0.4, 0.5) is 0 Å². The maximum atomic E-state index is 11.3. The van der Waals surface area contributed by atoms with Gasteiger partial charge >= 0.3 is 5.97 Å². The molecule has 0 amide bonds. The number of ether oxygens (including phenoxy) is 2. The third kappa shape index (κ3) is 4.10. The number of esters is 1. The summed E-state index contributed by atoms with van der Waals surface area (Å²) in [6.45, 7) is 8.74. The highest BCUT2D eigenvalue weighted by atomic mass is 16.5. The molecule has 1 heterocycles. The molecular formula is C12H23NO3. The molecule has 1 saturated heterocycles. The van der Waals surface area contributed by atoms with Crippen molar-refractivity contribution in [3.05, 3.63) is 0 Å². The molecule has 0 spiro atoms. The highest BCUT2D eigenvalue weighted by molar-refractivity contribution is 5.72. The average Bonchev–Trinajstić information content (AvgIpc) is 2.65. The van der Waals surface area contributed by atoms with Gasteiger partial charge in [0.25, 0.3) is 0 Å². The van der Waals surface area contributed by atoms with Gasteiger partial charge in [0, 0.05) is 19.7 Å².